The van der Waals surface area contributed by atoms with Gasteiger partial charge in [0.1, 0.15) is 5.75 Å². The number of halogens is 1. The van der Waals surface area contributed by atoms with Crippen LogP contribution in [0, 0.1) is 17.4 Å². The van der Waals surface area contributed by atoms with Gasteiger partial charge in [-0.2, -0.15) is 0 Å². The van der Waals surface area contributed by atoms with Crippen molar-refractivity contribution < 1.29 is 4.74 Å². The Hall–Kier alpha value is -1.07. The Morgan fingerprint density at radius 2 is 1.89 bits per heavy atom. The topological polar surface area (TPSA) is 35.2 Å². The van der Waals surface area contributed by atoms with Crippen LogP contribution < -0.4 is 10.5 Å². The van der Waals surface area contributed by atoms with Crippen molar-refractivity contribution in [3.63, 3.8) is 0 Å². The quantitative estimate of drug-likeness (QED) is 0.834. The second-order valence-corrected chi connectivity index (χ2v) is 5.98. The second kappa shape index (κ2) is 5.92. The zero-order chi connectivity index (χ0) is 14.0. The van der Waals surface area contributed by atoms with Crippen LogP contribution in [-0.4, -0.2) is 7.11 Å². The molecule has 0 bridgehead atoms. The monoisotopic (exact) mass is 367 g/mol. The summed E-state index contributed by atoms with van der Waals surface area (Å²) in [6.07, 6.45) is 0. The lowest BCUT2D eigenvalue weighted by Gasteiger charge is -2.19. The van der Waals surface area contributed by atoms with Gasteiger partial charge in [-0.25, -0.2) is 0 Å². The molecule has 1 atom stereocenters. The first-order valence-corrected chi connectivity index (χ1v) is 7.27. The summed E-state index contributed by atoms with van der Waals surface area (Å²) in [5, 5.41) is 0. The Morgan fingerprint density at radius 3 is 2.53 bits per heavy atom. The van der Waals surface area contributed by atoms with Gasteiger partial charge in [-0.3, -0.25) is 0 Å². The van der Waals surface area contributed by atoms with Crippen LogP contribution in [0.25, 0.3) is 0 Å². The molecule has 2 N–H and O–H groups in total. The van der Waals surface area contributed by atoms with Gasteiger partial charge in [0.25, 0.3) is 0 Å². The van der Waals surface area contributed by atoms with E-state index in [1.807, 2.05) is 12.1 Å². The molecule has 0 spiro atoms. The number of nitrogens with two attached hydrogens (primary N) is 1. The van der Waals surface area contributed by atoms with E-state index < -0.39 is 0 Å². The third kappa shape index (κ3) is 3.09. The second-order valence-electron chi connectivity index (χ2n) is 4.73. The van der Waals surface area contributed by atoms with Crippen LogP contribution in [0.4, 0.5) is 0 Å². The van der Waals surface area contributed by atoms with Crippen LogP contribution in [0.15, 0.2) is 36.4 Å². The molecule has 0 aliphatic carbocycles. The predicted octanol–water partition coefficient (Wildman–Crippen LogP) is 3.96. The van der Waals surface area contributed by atoms with Crippen molar-refractivity contribution in [1.82, 2.24) is 0 Å². The van der Waals surface area contributed by atoms with E-state index >= 15 is 0 Å². The van der Waals surface area contributed by atoms with E-state index in [0.717, 1.165) is 16.9 Å². The maximum Gasteiger partial charge on any atom is 0.124 e. The molecule has 19 heavy (non-hydrogen) atoms. The SMILES string of the molecule is COc1cc(C)cc(C)c1C(N)c1cccc(I)c1. The third-order valence-electron chi connectivity index (χ3n) is 3.23. The summed E-state index contributed by atoms with van der Waals surface area (Å²) >= 11 is 2.30. The van der Waals surface area contributed by atoms with E-state index in [1.54, 1.807) is 7.11 Å². The molecule has 2 nitrogen and oxygen atoms in total. The minimum Gasteiger partial charge on any atom is -0.496 e. The molecule has 0 amide bonds. The molecule has 0 fully saturated rings. The van der Waals surface area contributed by atoms with Crippen molar-refractivity contribution >= 4 is 22.6 Å². The van der Waals surface area contributed by atoms with Crippen LogP contribution in [-0.2, 0) is 0 Å². The summed E-state index contributed by atoms with van der Waals surface area (Å²) in [7, 11) is 1.69. The number of benzene rings is 2. The Labute approximate surface area is 128 Å². The summed E-state index contributed by atoms with van der Waals surface area (Å²) in [6.45, 7) is 4.15. The van der Waals surface area contributed by atoms with Gasteiger partial charge in [-0.1, -0.05) is 18.2 Å². The molecule has 0 aliphatic heterocycles. The molecule has 0 radical (unpaired) electrons. The standard InChI is InChI=1S/C16H18INO/c1-10-7-11(2)15(14(8-10)19-3)16(18)12-5-4-6-13(17)9-12/h4-9,16H,18H2,1-3H3. The van der Waals surface area contributed by atoms with Gasteiger partial charge in [0, 0.05) is 9.13 Å². The summed E-state index contributed by atoms with van der Waals surface area (Å²) in [5.74, 6) is 0.865. The van der Waals surface area contributed by atoms with E-state index in [-0.39, 0.29) is 6.04 Å². The lowest BCUT2D eigenvalue weighted by atomic mass is 9.93. The Bertz CT molecular complexity index is 595. The molecule has 0 aliphatic rings. The van der Waals surface area contributed by atoms with E-state index in [4.69, 9.17) is 10.5 Å². The highest BCUT2D eigenvalue weighted by Crippen LogP contribution is 2.32. The minimum absolute atomic E-state index is 0.162. The first-order chi connectivity index (χ1) is 9.02. The van der Waals surface area contributed by atoms with Gasteiger partial charge < -0.3 is 10.5 Å². The lowest BCUT2D eigenvalue weighted by Crippen LogP contribution is -2.15. The van der Waals surface area contributed by atoms with Gasteiger partial charge >= 0.3 is 0 Å². The molecule has 0 saturated heterocycles. The molecule has 100 valence electrons. The van der Waals surface area contributed by atoms with Gasteiger partial charge in [-0.15, -0.1) is 0 Å². The molecule has 1 unspecified atom stereocenters. The molecule has 0 heterocycles. The zero-order valence-corrected chi connectivity index (χ0v) is 13.6. The van der Waals surface area contributed by atoms with Gasteiger partial charge in [0.15, 0.2) is 0 Å². The number of ether oxygens (including phenoxy) is 1. The van der Waals surface area contributed by atoms with Crippen LogP contribution in [0.1, 0.15) is 28.3 Å². The van der Waals surface area contributed by atoms with Crippen molar-refractivity contribution in [2.24, 2.45) is 5.73 Å². The van der Waals surface area contributed by atoms with E-state index in [2.05, 4.69) is 60.7 Å². The van der Waals surface area contributed by atoms with Gasteiger partial charge in [0.05, 0.1) is 13.2 Å². The molecule has 3 heteroatoms. The predicted molar refractivity (Wildman–Crippen MR) is 87.7 cm³/mol. The Morgan fingerprint density at radius 1 is 1.16 bits per heavy atom. The summed E-state index contributed by atoms with van der Waals surface area (Å²) in [5.41, 5.74) is 11.0. The van der Waals surface area contributed by atoms with Crippen molar-refractivity contribution in [3.05, 3.63) is 62.2 Å². The molecular weight excluding hydrogens is 349 g/mol. The summed E-state index contributed by atoms with van der Waals surface area (Å²) in [4.78, 5) is 0. The highest BCUT2D eigenvalue weighted by Gasteiger charge is 2.17. The number of methoxy groups -OCH3 is 1. The fourth-order valence-electron chi connectivity index (χ4n) is 2.37. The number of aryl methyl sites for hydroxylation is 2. The first kappa shape index (κ1) is 14.3. The molecule has 2 aromatic carbocycles. The van der Waals surface area contributed by atoms with Crippen molar-refractivity contribution in [3.8, 4) is 5.75 Å². The normalized spacial score (nSPS) is 12.3. The molecular formula is C16H18INO. The fraction of sp³-hybridized carbons (Fsp3) is 0.250. The third-order valence-corrected chi connectivity index (χ3v) is 3.90. The van der Waals surface area contributed by atoms with Crippen LogP contribution >= 0.6 is 22.6 Å². The summed E-state index contributed by atoms with van der Waals surface area (Å²) < 4.78 is 6.69. The zero-order valence-electron chi connectivity index (χ0n) is 11.4. The average molecular weight is 367 g/mol. The molecule has 2 aromatic rings. The van der Waals surface area contributed by atoms with Crippen LogP contribution in [0.3, 0.4) is 0 Å². The smallest absolute Gasteiger partial charge is 0.124 e. The minimum atomic E-state index is -0.162. The first-order valence-electron chi connectivity index (χ1n) is 6.19. The van der Waals surface area contributed by atoms with E-state index in [9.17, 15) is 0 Å². The highest BCUT2D eigenvalue weighted by atomic mass is 127. The maximum absolute atomic E-state index is 6.43. The Balaban J connectivity index is 2.52. The number of rotatable bonds is 3. The van der Waals surface area contributed by atoms with E-state index in [1.165, 1.54) is 14.7 Å². The average Bonchev–Trinajstić information content (AvgIpc) is 2.37. The summed E-state index contributed by atoms with van der Waals surface area (Å²) in [6, 6.07) is 12.3. The van der Waals surface area contributed by atoms with Crippen molar-refractivity contribution in [2.45, 2.75) is 19.9 Å². The van der Waals surface area contributed by atoms with Gasteiger partial charge in [-0.05, 0) is 71.3 Å². The number of hydrogen-bond donors (Lipinski definition) is 1. The highest BCUT2D eigenvalue weighted by molar-refractivity contribution is 14.1. The fourth-order valence-corrected chi connectivity index (χ4v) is 2.94. The largest absolute Gasteiger partial charge is 0.496 e. The molecule has 2 rings (SSSR count). The Kier molecular flexibility index (Phi) is 4.47. The molecule has 0 aromatic heterocycles. The molecule has 0 saturated carbocycles. The van der Waals surface area contributed by atoms with Crippen molar-refractivity contribution in [1.29, 1.82) is 0 Å². The maximum atomic E-state index is 6.43. The van der Waals surface area contributed by atoms with Gasteiger partial charge in [0.2, 0.25) is 0 Å². The van der Waals surface area contributed by atoms with Crippen LogP contribution in [0.2, 0.25) is 0 Å². The lowest BCUT2D eigenvalue weighted by molar-refractivity contribution is 0.407. The van der Waals surface area contributed by atoms with E-state index in [0.29, 0.717) is 0 Å². The van der Waals surface area contributed by atoms with Crippen LogP contribution in [0.5, 0.6) is 5.75 Å². The van der Waals surface area contributed by atoms with Crippen molar-refractivity contribution in [2.75, 3.05) is 7.11 Å². The number of hydrogen-bond acceptors (Lipinski definition) is 2.